The van der Waals surface area contributed by atoms with Gasteiger partial charge in [-0.25, -0.2) is 0 Å². The minimum atomic E-state index is -0.0530. The minimum Gasteiger partial charge on any atom is -0.396 e. The summed E-state index contributed by atoms with van der Waals surface area (Å²) in [5.41, 5.74) is 0. The van der Waals surface area contributed by atoms with Crippen molar-refractivity contribution in [2.24, 2.45) is 5.92 Å². The number of likely N-dealkylation sites (tertiary alicyclic amines) is 1. The Labute approximate surface area is 78.9 Å². The van der Waals surface area contributed by atoms with Gasteiger partial charge in [0.2, 0.25) is 5.91 Å². The summed E-state index contributed by atoms with van der Waals surface area (Å²) in [4.78, 5) is 13.4. The lowest BCUT2D eigenvalue weighted by molar-refractivity contribution is -0.128. The largest absolute Gasteiger partial charge is 0.396 e. The van der Waals surface area contributed by atoms with E-state index in [4.69, 9.17) is 5.11 Å². The first kappa shape index (κ1) is 10.5. The summed E-state index contributed by atoms with van der Waals surface area (Å²) < 4.78 is 0. The van der Waals surface area contributed by atoms with E-state index in [0.29, 0.717) is 12.5 Å². The minimum absolute atomic E-state index is 0.0530. The van der Waals surface area contributed by atoms with Crippen molar-refractivity contribution in [1.29, 1.82) is 0 Å². The third-order valence-corrected chi connectivity index (χ3v) is 2.52. The molecule has 0 saturated carbocycles. The smallest absolute Gasteiger partial charge is 0.237 e. The number of amides is 1. The molecule has 1 rings (SSSR count). The van der Waals surface area contributed by atoms with Gasteiger partial charge in [0.05, 0.1) is 6.04 Å². The number of nitrogens with one attached hydrogen (secondary N) is 1. The second kappa shape index (κ2) is 4.58. The molecule has 0 aromatic rings. The van der Waals surface area contributed by atoms with Crippen molar-refractivity contribution in [2.75, 3.05) is 26.2 Å². The van der Waals surface area contributed by atoms with E-state index in [1.165, 1.54) is 0 Å². The van der Waals surface area contributed by atoms with Gasteiger partial charge >= 0.3 is 0 Å². The van der Waals surface area contributed by atoms with Crippen molar-refractivity contribution >= 4 is 5.91 Å². The molecule has 0 aromatic heterocycles. The second-order valence-corrected chi connectivity index (χ2v) is 3.57. The predicted molar refractivity (Wildman–Crippen MR) is 50.3 cm³/mol. The molecular weight excluding hydrogens is 168 g/mol. The van der Waals surface area contributed by atoms with Gasteiger partial charge < -0.3 is 10.4 Å². The van der Waals surface area contributed by atoms with Gasteiger partial charge in [0.25, 0.3) is 0 Å². The molecule has 1 unspecified atom stereocenters. The number of aliphatic hydroxyl groups is 1. The molecule has 1 amide bonds. The number of carbonyl (C=O) groups is 1. The Kier molecular flexibility index (Phi) is 3.69. The van der Waals surface area contributed by atoms with Crippen LogP contribution in [0.5, 0.6) is 0 Å². The highest BCUT2D eigenvalue weighted by Crippen LogP contribution is 2.17. The fraction of sp³-hybridized carbons (Fsp3) is 0.889. The highest BCUT2D eigenvalue weighted by atomic mass is 16.3. The van der Waals surface area contributed by atoms with Crippen molar-refractivity contribution < 1.29 is 9.90 Å². The molecule has 0 bridgehead atoms. The Hall–Kier alpha value is -0.610. The zero-order chi connectivity index (χ0) is 9.84. The van der Waals surface area contributed by atoms with Crippen LogP contribution in [-0.4, -0.2) is 48.2 Å². The van der Waals surface area contributed by atoms with Crippen LogP contribution in [0.15, 0.2) is 0 Å². The number of hydrogen-bond acceptors (Lipinski definition) is 3. The molecule has 1 aliphatic rings. The number of carbonyl (C=O) groups excluding carboxylic acids is 1. The lowest BCUT2D eigenvalue weighted by Crippen LogP contribution is -2.56. The Morgan fingerprint density at radius 1 is 1.69 bits per heavy atom. The van der Waals surface area contributed by atoms with Crippen molar-refractivity contribution in [3.63, 3.8) is 0 Å². The molecule has 1 heterocycles. The molecule has 1 saturated heterocycles. The quantitative estimate of drug-likeness (QED) is 0.618. The van der Waals surface area contributed by atoms with E-state index < -0.39 is 0 Å². The SMILES string of the molecule is CCNC(=O)C(C)N1CC(CO)C1. The van der Waals surface area contributed by atoms with E-state index in [1.807, 2.05) is 13.8 Å². The van der Waals surface area contributed by atoms with Gasteiger partial charge in [-0.05, 0) is 13.8 Å². The van der Waals surface area contributed by atoms with Gasteiger partial charge in [-0.3, -0.25) is 9.69 Å². The summed E-state index contributed by atoms with van der Waals surface area (Å²) in [5, 5.41) is 11.6. The lowest BCUT2D eigenvalue weighted by Gasteiger charge is -2.41. The number of likely N-dealkylation sites (N-methyl/N-ethyl adjacent to an activating group) is 1. The highest BCUT2D eigenvalue weighted by Gasteiger charge is 2.32. The van der Waals surface area contributed by atoms with Crippen LogP contribution in [0.25, 0.3) is 0 Å². The molecule has 0 spiro atoms. The maximum absolute atomic E-state index is 11.4. The molecule has 1 aliphatic heterocycles. The molecule has 0 aliphatic carbocycles. The molecule has 1 fully saturated rings. The van der Waals surface area contributed by atoms with Crippen molar-refractivity contribution in [3.05, 3.63) is 0 Å². The Morgan fingerprint density at radius 3 is 2.77 bits per heavy atom. The predicted octanol–water partition coefficient (Wildman–Crippen LogP) is -0.565. The van der Waals surface area contributed by atoms with Crippen LogP contribution < -0.4 is 5.32 Å². The zero-order valence-electron chi connectivity index (χ0n) is 8.29. The van der Waals surface area contributed by atoms with Gasteiger partial charge in [0.15, 0.2) is 0 Å². The van der Waals surface area contributed by atoms with E-state index in [0.717, 1.165) is 13.1 Å². The van der Waals surface area contributed by atoms with E-state index >= 15 is 0 Å². The van der Waals surface area contributed by atoms with Gasteiger partial charge in [0.1, 0.15) is 0 Å². The van der Waals surface area contributed by atoms with Crippen LogP contribution in [-0.2, 0) is 4.79 Å². The van der Waals surface area contributed by atoms with Crippen LogP contribution in [0, 0.1) is 5.92 Å². The molecule has 76 valence electrons. The summed E-state index contributed by atoms with van der Waals surface area (Å²) in [6, 6.07) is -0.0530. The van der Waals surface area contributed by atoms with Crippen molar-refractivity contribution in [2.45, 2.75) is 19.9 Å². The van der Waals surface area contributed by atoms with Gasteiger partial charge in [-0.1, -0.05) is 0 Å². The summed E-state index contributed by atoms with van der Waals surface area (Å²) in [7, 11) is 0. The molecular formula is C9H18N2O2. The number of hydrogen-bond donors (Lipinski definition) is 2. The second-order valence-electron chi connectivity index (χ2n) is 3.57. The third-order valence-electron chi connectivity index (χ3n) is 2.52. The van der Waals surface area contributed by atoms with Crippen LogP contribution in [0.4, 0.5) is 0 Å². The molecule has 2 N–H and O–H groups in total. The standard InChI is InChI=1S/C9H18N2O2/c1-3-10-9(13)7(2)11-4-8(5-11)6-12/h7-8,12H,3-6H2,1-2H3,(H,10,13). The first-order valence-electron chi connectivity index (χ1n) is 4.81. The maximum Gasteiger partial charge on any atom is 0.237 e. The number of aliphatic hydroxyl groups excluding tert-OH is 1. The highest BCUT2D eigenvalue weighted by molar-refractivity contribution is 5.81. The van der Waals surface area contributed by atoms with Crippen LogP contribution in [0.3, 0.4) is 0 Å². The molecule has 1 atom stereocenters. The normalized spacial score (nSPS) is 20.8. The van der Waals surface area contributed by atoms with Gasteiger partial charge in [0, 0.05) is 32.2 Å². The van der Waals surface area contributed by atoms with Crippen LogP contribution >= 0.6 is 0 Å². The van der Waals surface area contributed by atoms with Crippen molar-refractivity contribution in [1.82, 2.24) is 10.2 Å². The fourth-order valence-corrected chi connectivity index (χ4v) is 1.53. The number of nitrogens with zero attached hydrogens (tertiary/aromatic N) is 1. The first-order chi connectivity index (χ1) is 6.19. The molecule has 4 nitrogen and oxygen atoms in total. The van der Waals surface area contributed by atoms with E-state index in [2.05, 4.69) is 10.2 Å². The Morgan fingerprint density at radius 2 is 2.31 bits per heavy atom. The Bertz CT molecular complexity index is 178. The summed E-state index contributed by atoms with van der Waals surface area (Å²) in [5.74, 6) is 0.454. The first-order valence-corrected chi connectivity index (χ1v) is 4.81. The number of rotatable bonds is 4. The molecule has 0 radical (unpaired) electrons. The lowest BCUT2D eigenvalue weighted by atomic mass is 9.99. The monoisotopic (exact) mass is 186 g/mol. The van der Waals surface area contributed by atoms with Gasteiger partial charge in [-0.15, -0.1) is 0 Å². The topological polar surface area (TPSA) is 52.6 Å². The average molecular weight is 186 g/mol. The third kappa shape index (κ3) is 2.42. The summed E-state index contributed by atoms with van der Waals surface area (Å²) >= 11 is 0. The summed E-state index contributed by atoms with van der Waals surface area (Å²) in [6.45, 7) is 6.42. The van der Waals surface area contributed by atoms with E-state index in [-0.39, 0.29) is 18.6 Å². The van der Waals surface area contributed by atoms with E-state index in [1.54, 1.807) is 0 Å². The van der Waals surface area contributed by atoms with Gasteiger partial charge in [-0.2, -0.15) is 0 Å². The Balaban J connectivity index is 2.25. The van der Waals surface area contributed by atoms with Crippen LogP contribution in [0.1, 0.15) is 13.8 Å². The van der Waals surface area contributed by atoms with Crippen LogP contribution in [0.2, 0.25) is 0 Å². The fourth-order valence-electron chi connectivity index (χ4n) is 1.53. The van der Waals surface area contributed by atoms with E-state index in [9.17, 15) is 4.79 Å². The maximum atomic E-state index is 11.4. The molecule has 13 heavy (non-hydrogen) atoms. The zero-order valence-corrected chi connectivity index (χ0v) is 8.29. The molecule has 4 heteroatoms. The molecule has 0 aromatic carbocycles. The average Bonchev–Trinajstić information content (AvgIpc) is 2.02. The van der Waals surface area contributed by atoms with Crippen molar-refractivity contribution in [3.8, 4) is 0 Å². The summed E-state index contributed by atoms with van der Waals surface area (Å²) in [6.07, 6.45) is 0.